The van der Waals surface area contributed by atoms with Crippen LogP contribution >= 0.6 is 0 Å². The summed E-state index contributed by atoms with van der Waals surface area (Å²) in [5.41, 5.74) is 0. The van der Waals surface area contributed by atoms with Gasteiger partial charge in [0, 0.05) is 0 Å². The molecule has 0 unspecified atom stereocenters. The van der Waals surface area contributed by atoms with Crippen molar-refractivity contribution >= 4 is 7.12 Å². The van der Waals surface area contributed by atoms with Crippen molar-refractivity contribution in [3.8, 4) is 0 Å². The van der Waals surface area contributed by atoms with Crippen molar-refractivity contribution in [3.05, 3.63) is 0 Å². The van der Waals surface area contributed by atoms with Gasteiger partial charge in [0.15, 0.2) is 0 Å². The molecular weight excluding hydrogens is 92.7 g/mol. The summed E-state index contributed by atoms with van der Waals surface area (Å²) >= 11 is 0. The van der Waals surface area contributed by atoms with Gasteiger partial charge in [-0.05, 0) is 0 Å². The molecule has 0 fully saturated rings. The third-order valence-corrected chi connectivity index (χ3v) is 0.524. The molecule has 0 atom stereocenters. The Morgan fingerprint density at radius 1 is 1.25 bits per heavy atom. The van der Waals surface area contributed by atoms with E-state index in [4.69, 9.17) is 0 Å². The Labute approximate surface area is 74.5 Å². The molecule has 0 aromatic rings. The first-order valence-corrected chi connectivity index (χ1v) is 2.09. The fraction of sp³-hybridized carbons (Fsp3) is 1.00. The maximum Gasteiger partial charge on any atom is 1.00 e. The molecule has 2 nitrogen and oxygen atoms in total. The first kappa shape index (κ1) is 16.1. The Morgan fingerprint density at radius 2 is 1.62 bits per heavy atom. The van der Waals surface area contributed by atoms with Crippen LogP contribution in [-0.4, -0.2) is 7.12 Å². The molecule has 0 N–H and O–H groups in total. The molecule has 0 aromatic carbocycles. The summed E-state index contributed by atoms with van der Waals surface area (Å²) in [7, 11) is -1.60. The van der Waals surface area contributed by atoms with Crippen molar-refractivity contribution in [2.75, 3.05) is 0 Å². The van der Waals surface area contributed by atoms with Crippen LogP contribution in [0.5, 0.6) is 0 Å². The van der Waals surface area contributed by atoms with Gasteiger partial charge in [-0.25, -0.2) is 0 Å². The van der Waals surface area contributed by atoms with Crippen molar-refractivity contribution in [2.24, 2.45) is 0 Å². The van der Waals surface area contributed by atoms with Crippen LogP contribution in [0.2, 0.25) is 6.32 Å². The molecule has 0 aliphatic rings. The summed E-state index contributed by atoms with van der Waals surface area (Å²) in [5, 5.41) is 19.1. The standard InChI is InChI=1S/C3H7BO2.2Li/c1-2-3-4(5)6;;/h2-3H2,1H3;;/q-2;2*+1. The van der Waals surface area contributed by atoms with Crippen molar-refractivity contribution in [2.45, 2.75) is 19.7 Å². The normalized spacial score (nSPS) is 6.38. The Morgan fingerprint density at radius 3 is 1.62 bits per heavy atom. The second kappa shape index (κ2) is 11.0. The predicted molar refractivity (Wildman–Crippen MR) is 20.9 cm³/mol. The molecule has 0 bridgehead atoms. The van der Waals surface area contributed by atoms with Gasteiger partial charge < -0.3 is 10.0 Å². The van der Waals surface area contributed by atoms with Crippen molar-refractivity contribution in [1.82, 2.24) is 0 Å². The molecule has 0 amide bonds. The van der Waals surface area contributed by atoms with E-state index in [1.807, 2.05) is 6.92 Å². The van der Waals surface area contributed by atoms with E-state index in [1.54, 1.807) is 0 Å². The molecule has 0 aliphatic carbocycles. The van der Waals surface area contributed by atoms with Crippen LogP contribution in [0.4, 0.5) is 0 Å². The third-order valence-electron chi connectivity index (χ3n) is 0.524. The SMILES string of the molecule is CCCB([O-])[O-].[Li+].[Li+]. The van der Waals surface area contributed by atoms with Crippen molar-refractivity contribution < 1.29 is 47.8 Å². The summed E-state index contributed by atoms with van der Waals surface area (Å²) in [4.78, 5) is 0. The van der Waals surface area contributed by atoms with E-state index in [2.05, 4.69) is 0 Å². The number of hydrogen-bond acceptors (Lipinski definition) is 2. The Bertz CT molecular complexity index is 36.5. The molecule has 0 saturated carbocycles. The van der Waals surface area contributed by atoms with Gasteiger partial charge in [-0.15, -0.1) is 13.4 Å². The fourth-order valence-corrected chi connectivity index (χ4v) is 0.236. The summed E-state index contributed by atoms with van der Waals surface area (Å²) < 4.78 is 0. The molecule has 8 heavy (non-hydrogen) atoms. The van der Waals surface area contributed by atoms with E-state index in [-0.39, 0.29) is 44.0 Å². The molecule has 0 spiro atoms. The molecule has 0 radical (unpaired) electrons. The molecule has 0 heterocycles. The van der Waals surface area contributed by atoms with Gasteiger partial charge in [0.1, 0.15) is 0 Å². The predicted octanol–water partition coefficient (Wildman–Crippen LogP) is -7.39. The van der Waals surface area contributed by atoms with Gasteiger partial charge in [0.25, 0.3) is 0 Å². The van der Waals surface area contributed by atoms with Gasteiger partial charge in [0.05, 0.1) is 0 Å². The maximum absolute atomic E-state index is 9.57. The minimum absolute atomic E-state index is 0. The third kappa shape index (κ3) is 15.7. The maximum atomic E-state index is 9.57. The van der Waals surface area contributed by atoms with Crippen LogP contribution in [0.1, 0.15) is 13.3 Å². The molecule has 5 heteroatoms. The van der Waals surface area contributed by atoms with Crippen molar-refractivity contribution in [1.29, 1.82) is 0 Å². The fourth-order valence-electron chi connectivity index (χ4n) is 0.236. The summed E-state index contributed by atoms with van der Waals surface area (Å²) in [6.45, 7) is 1.82. The first-order valence-electron chi connectivity index (χ1n) is 2.09. The van der Waals surface area contributed by atoms with Crippen LogP contribution < -0.4 is 47.8 Å². The zero-order valence-electron chi connectivity index (χ0n) is 5.81. The number of hydrogen-bond donors (Lipinski definition) is 0. The Kier molecular flexibility index (Phi) is 22.2. The van der Waals surface area contributed by atoms with E-state index in [1.165, 1.54) is 0 Å². The quantitative estimate of drug-likeness (QED) is 0.323. The summed E-state index contributed by atoms with van der Waals surface area (Å²) in [6, 6.07) is 0. The van der Waals surface area contributed by atoms with Crippen LogP contribution in [0, 0.1) is 0 Å². The minimum Gasteiger partial charge on any atom is -0.893 e. The Balaban J connectivity index is -0.000000125. The molecular formula is C3H7BLi2O2. The second-order valence-corrected chi connectivity index (χ2v) is 1.22. The average Bonchev–Trinajstić information content (AvgIpc) is 1.35. The smallest absolute Gasteiger partial charge is 0.893 e. The summed E-state index contributed by atoms with van der Waals surface area (Å²) in [5.74, 6) is 0. The van der Waals surface area contributed by atoms with Crippen LogP contribution in [-0.2, 0) is 0 Å². The van der Waals surface area contributed by atoms with Gasteiger partial charge >= 0.3 is 37.7 Å². The largest absolute Gasteiger partial charge is 1.00 e. The van der Waals surface area contributed by atoms with Gasteiger partial charge in [-0.1, -0.05) is 13.3 Å². The monoisotopic (exact) mass is 100 g/mol. The minimum atomic E-state index is -1.60. The second-order valence-electron chi connectivity index (χ2n) is 1.22. The zero-order chi connectivity index (χ0) is 4.99. The number of rotatable bonds is 2. The Hall–Kier alpha value is 1.18. The van der Waals surface area contributed by atoms with E-state index in [9.17, 15) is 10.0 Å². The van der Waals surface area contributed by atoms with Crippen LogP contribution in [0.25, 0.3) is 0 Å². The molecule has 0 rings (SSSR count). The molecule has 0 saturated heterocycles. The van der Waals surface area contributed by atoms with Gasteiger partial charge in [0.2, 0.25) is 0 Å². The topological polar surface area (TPSA) is 46.1 Å². The van der Waals surface area contributed by atoms with Gasteiger partial charge in [-0.2, -0.15) is 0 Å². The molecule has 36 valence electrons. The van der Waals surface area contributed by atoms with E-state index in [0.717, 1.165) is 0 Å². The average molecular weight is 99.8 g/mol. The molecule has 0 aliphatic heterocycles. The van der Waals surface area contributed by atoms with Crippen molar-refractivity contribution in [3.63, 3.8) is 0 Å². The van der Waals surface area contributed by atoms with Gasteiger partial charge in [-0.3, -0.25) is 0 Å². The van der Waals surface area contributed by atoms with Crippen LogP contribution in [0.15, 0.2) is 0 Å². The molecule has 0 aromatic heterocycles. The first-order chi connectivity index (χ1) is 2.77. The van der Waals surface area contributed by atoms with E-state index < -0.39 is 7.12 Å². The zero-order valence-corrected chi connectivity index (χ0v) is 5.81. The van der Waals surface area contributed by atoms with E-state index in [0.29, 0.717) is 6.42 Å². The van der Waals surface area contributed by atoms with Crippen LogP contribution in [0.3, 0.4) is 0 Å². The van der Waals surface area contributed by atoms with E-state index >= 15 is 0 Å². The summed E-state index contributed by atoms with van der Waals surface area (Å²) in [6.07, 6.45) is 0.970.